The predicted octanol–water partition coefficient (Wildman–Crippen LogP) is 2.95. The molecule has 0 spiro atoms. The van der Waals surface area contributed by atoms with Crippen molar-refractivity contribution in [3.05, 3.63) is 59.2 Å². The molecule has 4 rings (SSSR count). The Hall–Kier alpha value is -2.83. The molecule has 0 fully saturated rings. The van der Waals surface area contributed by atoms with E-state index in [0.29, 0.717) is 6.07 Å². The number of amides is 1. The molecule has 1 aromatic heterocycles. The molecule has 0 saturated heterocycles. The molecule has 1 amide bonds. The maximum atomic E-state index is 13.6. The van der Waals surface area contributed by atoms with Crippen molar-refractivity contribution in [2.24, 2.45) is 0 Å². The van der Waals surface area contributed by atoms with Gasteiger partial charge in [0.05, 0.1) is 6.04 Å². The molecule has 1 unspecified atom stereocenters. The van der Waals surface area contributed by atoms with Crippen molar-refractivity contribution in [1.82, 2.24) is 20.3 Å². The average molecular weight is 314 g/mol. The Bertz CT molecular complexity index is 922. The van der Waals surface area contributed by atoms with Crippen LogP contribution < -0.4 is 5.32 Å². The summed E-state index contributed by atoms with van der Waals surface area (Å²) in [5, 5.41) is 10.1. The lowest BCUT2D eigenvalue weighted by Crippen LogP contribution is -2.32. The van der Waals surface area contributed by atoms with Gasteiger partial charge in [-0.2, -0.15) is 4.68 Å². The summed E-state index contributed by atoms with van der Waals surface area (Å²) in [5.41, 5.74) is 2.13. The maximum absolute atomic E-state index is 13.6. The number of nitrogens with one attached hydrogen (secondary N) is 1. The largest absolute Gasteiger partial charge is 0.344 e. The zero-order valence-electron chi connectivity index (χ0n) is 12.0. The number of hydrogen-bond acceptors (Lipinski definition) is 3. The average Bonchev–Trinajstić information content (AvgIpc) is 3.12. The molecule has 0 saturated carbocycles. The fourth-order valence-electron chi connectivity index (χ4n) is 3.02. The quantitative estimate of drug-likeness (QED) is 0.751. The first-order valence-electron chi connectivity index (χ1n) is 7.22. The van der Waals surface area contributed by atoms with Crippen molar-refractivity contribution in [3.63, 3.8) is 0 Å². The van der Waals surface area contributed by atoms with E-state index in [1.807, 2.05) is 24.3 Å². The molecule has 0 radical (unpaired) electrons. The van der Waals surface area contributed by atoms with E-state index >= 15 is 0 Å². The van der Waals surface area contributed by atoms with Gasteiger partial charge in [0, 0.05) is 12.1 Å². The van der Waals surface area contributed by atoms with Crippen LogP contribution >= 0.6 is 0 Å². The molecule has 1 aliphatic carbocycles. The van der Waals surface area contributed by atoms with Crippen LogP contribution in [0.25, 0.3) is 11.0 Å². The van der Waals surface area contributed by atoms with E-state index in [1.54, 1.807) is 0 Å². The van der Waals surface area contributed by atoms with E-state index in [2.05, 4.69) is 15.6 Å². The van der Waals surface area contributed by atoms with Crippen LogP contribution in [0.1, 0.15) is 23.6 Å². The summed E-state index contributed by atoms with van der Waals surface area (Å²) in [6.07, 6.45) is 1.66. The van der Waals surface area contributed by atoms with Gasteiger partial charge < -0.3 is 5.32 Å². The van der Waals surface area contributed by atoms with E-state index in [9.17, 15) is 13.6 Å². The second-order valence-electron chi connectivity index (χ2n) is 5.50. The summed E-state index contributed by atoms with van der Waals surface area (Å²) in [6, 6.07) is 8.92. The molecular formula is C16H12F2N4O. The summed E-state index contributed by atoms with van der Waals surface area (Å²) in [6.45, 7) is 0. The normalized spacial score (nSPS) is 16.5. The Morgan fingerprint density at radius 2 is 2.09 bits per heavy atom. The highest BCUT2D eigenvalue weighted by atomic mass is 19.1. The minimum absolute atomic E-state index is 0.00582. The molecule has 1 aliphatic rings. The van der Waals surface area contributed by atoms with Crippen LogP contribution in [0.3, 0.4) is 0 Å². The number of rotatable bonds is 1. The van der Waals surface area contributed by atoms with Crippen LogP contribution in [0.5, 0.6) is 0 Å². The third-order valence-electron chi connectivity index (χ3n) is 4.09. The molecule has 7 heteroatoms. The summed E-state index contributed by atoms with van der Waals surface area (Å²) in [7, 11) is 0. The standard InChI is InChI=1S/C16H12F2N4O/c17-10-7-12(18)15-14(8-10)22(21-20-15)16(23)19-13-6-5-9-3-1-2-4-11(9)13/h1-4,7-8,13H,5-6H2,(H,19,23). The monoisotopic (exact) mass is 314 g/mol. The highest BCUT2D eigenvalue weighted by molar-refractivity contribution is 5.88. The van der Waals surface area contributed by atoms with E-state index in [4.69, 9.17) is 0 Å². The van der Waals surface area contributed by atoms with Gasteiger partial charge >= 0.3 is 6.03 Å². The number of carbonyl (C=O) groups excluding carboxylic acids is 1. The van der Waals surface area contributed by atoms with Gasteiger partial charge in [0.25, 0.3) is 0 Å². The van der Waals surface area contributed by atoms with Crippen molar-refractivity contribution < 1.29 is 13.6 Å². The smallest absolute Gasteiger partial charge is 0.329 e. The Balaban J connectivity index is 1.66. The Kier molecular flexibility index (Phi) is 3.07. The number of aryl methyl sites for hydroxylation is 1. The van der Waals surface area contributed by atoms with Gasteiger partial charge in [0.1, 0.15) is 16.9 Å². The maximum Gasteiger partial charge on any atom is 0.344 e. The number of halogens is 2. The van der Waals surface area contributed by atoms with Gasteiger partial charge in [0.2, 0.25) is 0 Å². The van der Waals surface area contributed by atoms with Crippen LogP contribution in [-0.4, -0.2) is 21.0 Å². The van der Waals surface area contributed by atoms with E-state index in [1.165, 1.54) is 5.56 Å². The third kappa shape index (κ3) is 2.25. The predicted molar refractivity (Wildman–Crippen MR) is 78.9 cm³/mol. The summed E-state index contributed by atoms with van der Waals surface area (Å²) >= 11 is 0. The molecule has 1 atom stereocenters. The second-order valence-corrected chi connectivity index (χ2v) is 5.50. The SMILES string of the molecule is O=C(NC1CCc2ccccc21)n1nnc2c(F)cc(F)cc21. The minimum atomic E-state index is -0.842. The topological polar surface area (TPSA) is 59.8 Å². The van der Waals surface area contributed by atoms with Crippen molar-refractivity contribution in [3.8, 4) is 0 Å². The van der Waals surface area contributed by atoms with Gasteiger partial charge in [-0.3, -0.25) is 0 Å². The van der Waals surface area contributed by atoms with Crippen molar-refractivity contribution >= 4 is 17.1 Å². The Morgan fingerprint density at radius 1 is 1.26 bits per heavy atom. The molecule has 1 N–H and O–H groups in total. The fourth-order valence-corrected chi connectivity index (χ4v) is 3.02. The summed E-state index contributed by atoms with van der Waals surface area (Å²) < 4.78 is 27.9. The minimum Gasteiger partial charge on any atom is -0.329 e. The molecular weight excluding hydrogens is 302 g/mol. The van der Waals surface area contributed by atoms with Crippen LogP contribution in [-0.2, 0) is 6.42 Å². The molecule has 23 heavy (non-hydrogen) atoms. The van der Waals surface area contributed by atoms with Crippen molar-refractivity contribution in [2.45, 2.75) is 18.9 Å². The van der Waals surface area contributed by atoms with Crippen LogP contribution in [0.4, 0.5) is 13.6 Å². The first-order chi connectivity index (χ1) is 11.1. The molecule has 5 nitrogen and oxygen atoms in total. The highest BCUT2D eigenvalue weighted by Crippen LogP contribution is 2.30. The summed E-state index contributed by atoms with van der Waals surface area (Å²) in [4.78, 5) is 12.4. The van der Waals surface area contributed by atoms with Crippen LogP contribution in [0, 0.1) is 11.6 Å². The Labute approximate surface area is 129 Å². The van der Waals surface area contributed by atoms with Crippen molar-refractivity contribution in [2.75, 3.05) is 0 Å². The Morgan fingerprint density at radius 3 is 2.96 bits per heavy atom. The van der Waals surface area contributed by atoms with Crippen LogP contribution in [0.2, 0.25) is 0 Å². The lowest BCUT2D eigenvalue weighted by molar-refractivity contribution is 0.236. The van der Waals surface area contributed by atoms with Gasteiger partial charge in [-0.25, -0.2) is 13.6 Å². The van der Waals surface area contributed by atoms with Crippen LogP contribution in [0.15, 0.2) is 36.4 Å². The van der Waals surface area contributed by atoms with Crippen molar-refractivity contribution in [1.29, 1.82) is 0 Å². The highest BCUT2D eigenvalue weighted by Gasteiger charge is 2.25. The molecule has 0 aliphatic heterocycles. The lowest BCUT2D eigenvalue weighted by atomic mass is 10.1. The first kappa shape index (κ1) is 13.8. The fraction of sp³-hybridized carbons (Fsp3) is 0.188. The molecule has 116 valence electrons. The number of fused-ring (bicyclic) bond motifs is 2. The number of aromatic nitrogens is 3. The third-order valence-corrected chi connectivity index (χ3v) is 4.09. The second kappa shape index (κ2) is 5.12. The molecule has 2 aromatic carbocycles. The molecule has 3 aromatic rings. The number of benzene rings is 2. The first-order valence-corrected chi connectivity index (χ1v) is 7.22. The number of nitrogens with zero attached hydrogens (tertiary/aromatic N) is 3. The van der Waals surface area contributed by atoms with Gasteiger partial charge in [-0.05, 0) is 24.0 Å². The van der Waals surface area contributed by atoms with Gasteiger partial charge in [0.15, 0.2) is 5.82 Å². The van der Waals surface area contributed by atoms with E-state index < -0.39 is 17.7 Å². The number of carbonyl (C=O) groups is 1. The number of hydrogen-bond donors (Lipinski definition) is 1. The van der Waals surface area contributed by atoms with Gasteiger partial charge in [-0.1, -0.05) is 29.5 Å². The van der Waals surface area contributed by atoms with E-state index in [0.717, 1.165) is 29.2 Å². The zero-order chi connectivity index (χ0) is 16.0. The van der Waals surface area contributed by atoms with Gasteiger partial charge in [-0.15, -0.1) is 5.10 Å². The van der Waals surface area contributed by atoms with E-state index in [-0.39, 0.29) is 17.1 Å². The zero-order valence-corrected chi connectivity index (χ0v) is 12.0. The summed E-state index contributed by atoms with van der Waals surface area (Å²) in [5.74, 6) is -1.62. The molecule has 0 bridgehead atoms. The lowest BCUT2D eigenvalue weighted by Gasteiger charge is -2.13. The molecule has 1 heterocycles.